The van der Waals surface area contributed by atoms with Crippen LogP contribution in [0.15, 0.2) is 17.4 Å². The normalized spacial score (nSPS) is 17.7. The molecule has 1 aliphatic rings. The van der Waals surface area contributed by atoms with E-state index in [1.165, 1.54) is 32.1 Å². The van der Waals surface area contributed by atoms with Gasteiger partial charge in [0.25, 0.3) is 0 Å². The van der Waals surface area contributed by atoms with Gasteiger partial charge in [-0.05, 0) is 37.5 Å². The lowest BCUT2D eigenvalue weighted by Crippen LogP contribution is -2.43. The van der Waals surface area contributed by atoms with E-state index in [2.05, 4.69) is 36.5 Å². The van der Waals surface area contributed by atoms with Crippen LogP contribution in [0.2, 0.25) is 0 Å². The second-order valence-corrected chi connectivity index (χ2v) is 7.38. The fourth-order valence-corrected chi connectivity index (χ4v) is 3.78. The van der Waals surface area contributed by atoms with Crippen LogP contribution < -0.4 is 10.6 Å². The van der Waals surface area contributed by atoms with Crippen LogP contribution in [0.25, 0.3) is 0 Å². The summed E-state index contributed by atoms with van der Waals surface area (Å²) in [6, 6.07) is 0. The van der Waals surface area contributed by atoms with E-state index in [1.54, 1.807) is 0 Å². The lowest BCUT2D eigenvalue weighted by atomic mass is 9.78. The largest absolute Gasteiger partial charge is 0.357 e. The topological polar surface area (TPSA) is 54.2 Å². The highest BCUT2D eigenvalue weighted by Gasteiger charge is 2.34. The highest BCUT2D eigenvalue weighted by atomic mass is 15.2. The van der Waals surface area contributed by atoms with Crippen LogP contribution >= 0.6 is 0 Å². The first-order valence-electron chi connectivity index (χ1n) is 9.03. The first kappa shape index (κ1) is 17.8. The summed E-state index contributed by atoms with van der Waals surface area (Å²) >= 11 is 0. The Morgan fingerprint density at radius 2 is 2.09 bits per heavy atom. The molecular formula is C18H33N5. The number of aliphatic imine (C=N–C) groups is 1. The number of nitrogens with one attached hydrogen (secondary N) is 2. The van der Waals surface area contributed by atoms with Gasteiger partial charge in [-0.15, -0.1) is 0 Å². The fourth-order valence-electron chi connectivity index (χ4n) is 3.78. The van der Waals surface area contributed by atoms with Crippen molar-refractivity contribution in [3.8, 4) is 0 Å². The molecule has 0 atom stereocenters. The highest BCUT2D eigenvalue weighted by molar-refractivity contribution is 5.79. The van der Waals surface area contributed by atoms with Gasteiger partial charge in [-0.25, -0.2) is 4.99 Å². The van der Waals surface area contributed by atoms with Crippen molar-refractivity contribution in [3.05, 3.63) is 18.0 Å². The SMILES string of the molecule is CCNC(=NCc1cnn(C)c1)NCC1(CC(C)C)CCCC1. The minimum Gasteiger partial charge on any atom is -0.357 e. The molecular weight excluding hydrogens is 286 g/mol. The van der Waals surface area contributed by atoms with E-state index in [4.69, 9.17) is 4.99 Å². The van der Waals surface area contributed by atoms with Crippen LogP contribution in [-0.2, 0) is 13.6 Å². The molecule has 0 saturated heterocycles. The van der Waals surface area contributed by atoms with E-state index < -0.39 is 0 Å². The number of nitrogens with zero attached hydrogens (tertiary/aromatic N) is 3. The molecule has 23 heavy (non-hydrogen) atoms. The lowest BCUT2D eigenvalue weighted by Gasteiger charge is -2.32. The molecule has 1 heterocycles. The van der Waals surface area contributed by atoms with Crippen LogP contribution in [-0.4, -0.2) is 28.8 Å². The number of guanidine groups is 1. The zero-order chi connectivity index (χ0) is 16.7. The molecule has 1 fully saturated rings. The zero-order valence-corrected chi connectivity index (χ0v) is 15.2. The third-order valence-corrected chi connectivity index (χ3v) is 4.66. The first-order valence-corrected chi connectivity index (χ1v) is 9.03. The molecule has 1 aromatic heterocycles. The highest BCUT2D eigenvalue weighted by Crippen LogP contribution is 2.42. The maximum absolute atomic E-state index is 4.71. The standard InChI is InChI=1S/C18H33N5/c1-5-19-17(20-11-16-12-22-23(4)13-16)21-14-18(10-15(2)3)8-6-7-9-18/h12-13,15H,5-11,14H2,1-4H3,(H2,19,20,21). The van der Waals surface area contributed by atoms with Gasteiger partial charge in [0.15, 0.2) is 5.96 Å². The van der Waals surface area contributed by atoms with E-state index in [1.807, 2.05) is 24.1 Å². The molecule has 0 radical (unpaired) electrons. The molecule has 1 saturated carbocycles. The minimum absolute atomic E-state index is 0.457. The minimum atomic E-state index is 0.457. The average molecular weight is 319 g/mol. The van der Waals surface area contributed by atoms with Crippen molar-refractivity contribution in [2.75, 3.05) is 13.1 Å². The van der Waals surface area contributed by atoms with Crippen molar-refractivity contribution >= 4 is 5.96 Å². The predicted molar refractivity (Wildman–Crippen MR) is 96.4 cm³/mol. The summed E-state index contributed by atoms with van der Waals surface area (Å²) in [5, 5.41) is 11.2. The Morgan fingerprint density at radius 1 is 1.35 bits per heavy atom. The Bertz CT molecular complexity index is 497. The number of aryl methyl sites for hydroxylation is 1. The Morgan fingerprint density at radius 3 is 2.65 bits per heavy atom. The molecule has 2 rings (SSSR count). The van der Waals surface area contributed by atoms with Gasteiger partial charge in [-0.1, -0.05) is 26.7 Å². The summed E-state index contributed by atoms with van der Waals surface area (Å²) in [7, 11) is 1.94. The van der Waals surface area contributed by atoms with Crippen molar-refractivity contribution in [1.29, 1.82) is 0 Å². The summed E-state index contributed by atoms with van der Waals surface area (Å²) in [5.41, 5.74) is 1.60. The molecule has 1 aliphatic carbocycles. The molecule has 0 spiro atoms. The molecule has 5 nitrogen and oxygen atoms in total. The van der Waals surface area contributed by atoms with Crippen LogP contribution in [0.5, 0.6) is 0 Å². The first-order chi connectivity index (χ1) is 11.0. The van der Waals surface area contributed by atoms with Crippen LogP contribution in [0.3, 0.4) is 0 Å². The molecule has 0 aromatic carbocycles. The molecule has 5 heteroatoms. The van der Waals surface area contributed by atoms with Gasteiger partial charge in [0.05, 0.1) is 12.7 Å². The van der Waals surface area contributed by atoms with E-state index in [0.29, 0.717) is 12.0 Å². The number of hydrogen-bond donors (Lipinski definition) is 2. The molecule has 2 N–H and O–H groups in total. The summed E-state index contributed by atoms with van der Waals surface area (Å²) in [6.07, 6.45) is 10.6. The maximum atomic E-state index is 4.71. The van der Waals surface area contributed by atoms with Crippen molar-refractivity contribution in [2.24, 2.45) is 23.4 Å². The van der Waals surface area contributed by atoms with Crippen molar-refractivity contribution in [2.45, 2.75) is 59.4 Å². The van der Waals surface area contributed by atoms with E-state index >= 15 is 0 Å². The number of aromatic nitrogens is 2. The van der Waals surface area contributed by atoms with Gasteiger partial charge >= 0.3 is 0 Å². The summed E-state index contributed by atoms with van der Waals surface area (Å²) in [5.74, 6) is 1.68. The quantitative estimate of drug-likeness (QED) is 0.600. The molecule has 1 aromatic rings. The molecule has 0 unspecified atom stereocenters. The Labute approximate surface area is 141 Å². The maximum Gasteiger partial charge on any atom is 0.191 e. The van der Waals surface area contributed by atoms with E-state index in [9.17, 15) is 0 Å². The fraction of sp³-hybridized carbons (Fsp3) is 0.778. The van der Waals surface area contributed by atoms with Crippen LogP contribution in [0.4, 0.5) is 0 Å². The molecule has 0 amide bonds. The van der Waals surface area contributed by atoms with E-state index in [-0.39, 0.29) is 0 Å². The second-order valence-electron chi connectivity index (χ2n) is 7.38. The smallest absolute Gasteiger partial charge is 0.191 e. The third kappa shape index (κ3) is 5.56. The average Bonchev–Trinajstić information content (AvgIpc) is 3.11. The summed E-state index contributed by atoms with van der Waals surface area (Å²) in [4.78, 5) is 4.71. The van der Waals surface area contributed by atoms with Gasteiger partial charge in [0, 0.05) is 31.9 Å². The van der Waals surface area contributed by atoms with E-state index in [0.717, 1.165) is 30.5 Å². The number of hydrogen-bond acceptors (Lipinski definition) is 2. The van der Waals surface area contributed by atoms with Gasteiger partial charge < -0.3 is 10.6 Å². The molecule has 130 valence electrons. The summed E-state index contributed by atoms with van der Waals surface area (Å²) < 4.78 is 1.82. The van der Waals surface area contributed by atoms with Gasteiger partial charge in [-0.2, -0.15) is 5.10 Å². The predicted octanol–water partition coefficient (Wildman–Crippen LogP) is 3.08. The number of rotatable bonds is 7. The van der Waals surface area contributed by atoms with Gasteiger partial charge in [-0.3, -0.25) is 4.68 Å². The molecule has 0 bridgehead atoms. The second kappa shape index (κ2) is 8.37. The monoisotopic (exact) mass is 319 g/mol. The Kier molecular flexibility index (Phi) is 6.48. The van der Waals surface area contributed by atoms with Gasteiger partial charge in [0.1, 0.15) is 0 Å². The third-order valence-electron chi connectivity index (χ3n) is 4.66. The Balaban J connectivity index is 1.94. The van der Waals surface area contributed by atoms with Crippen LogP contribution in [0, 0.1) is 11.3 Å². The van der Waals surface area contributed by atoms with Gasteiger partial charge in [0.2, 0.25) is 0 Å². The molecule has 0 aliphatic heterocycles. The van der Waals surface area contributed by atoms with Crippen LogP contribution in [0.1, 0.15) is 58.4 Å². The summed E-state index contributed by atoms with van der Waals surface area (Å²) in [6.45, 7) is 9.37. The lowest BCUT2D eigenvalue weighted by molar-refractivity contribution is 0.235. The Hall–Kier alpha value is -1.52. The zero-order valence-electron chi connectivity index (χ0n) is 15.2. The van der Waals surface area contributed by atoms with Crippen molar-refractivity contribution < 1.29 is 0 Å². The van der Waals surface area contributed by atoms with Crippen molar-refractivity contribution in [3.63, 3.8) is 0 Å². The van der Waals surface area contributed by atoms with Crippen molar-refractivity contribution in [1.82, 2.24) is 20.4 Å².